The number of aromatic nitrogens is 2. The molecule has 0 fully saturated rings. The summed E-state index contributed by atoms with van der Waals surface area (Å²) < 4.78 is 11.4. The number of carbonyl (C=O) groups is 1. The van der Waals surface area contributed by atoms with Crippen LogP contribution in [0.2, 0.25) is 0 Å². The Hall–Kier alpha value is -2.78. The van der Waals surface area contributed by atoms with Crippen molar-refractivity contribution < 1.29 is 14.3 Å². The largest absolute Gasteiger partial charge is 0.454 e. The minimum atomic E-state index is -0.0631. The Kier molecular flexibility index (Phi) is 5.86. The summed E-state index contributed by atoms with van der Waals surface area (Å²) in [5.41, 5.74) is 4.37. The molecule has 7 nitrogen and oxygen atoms in total. The molecule has 3 aromatic rings. The SMILES string of the molecule is Cc1cccc(Nc2nnc(SCC(=O)NCc3ccc4c(c3)OCO4)s2)c1C. The highest BCUT2D eigenvalue weighted by molar-refractivity contribution is 8.01. The van der Waals surface area contributed by atoms with Gasteiger partial charge >= 0.3 is 0 Å². The van der Waals surface area contributed by atoms with Gasteiger partial charge in [-0.2, -0.15) is 0 Å². The van der Waals surface area contributed by atoms with Gasteiger partial charge < -0.3 is 20.1 Å². The predicted octanol–water partition coefficient (Wildman–Crippen LogP) is 4.04. The van der Waals surface area contributed by atoms with Crippen molar-refractivity contribution in [2.24, 2.45) is 0 Å². The van der Waals surface area contributed by atoms with Crippen LogP contribution < -0.4 is 20.1 Å². The van der Waals surface area contributed by atoms with Gasteiger partial charge in [-0.15, -0.1) is 10.2 Å². The molecule has 1 amide bonds. The Balaban J connectivity index is 1.26. The number of amides is 1. The van der Waals surface area contributed by atoms with Gasteiger partial charge in [-0.25, -0.2) is 0 Å². The molecule has 2 heterocycles. The number of nitrogens with one attached hydrogen (secondary N) is 2. The average molecular weight is 429 g/mol. The number of aryl methyl sites for hydroxylation is 1. The lowest BCUT2D eigenvalue weighted by atomic mass is 10.1. The van der Waals surface area contributed by atoms with Crippen molar-refractivity contribution in [3.05, 3.63) is 53.1 Å². The Morgan fingerprint density at radius 3 is 2.93 bits per heavy atom. The van der Waals surface area contributed by atoms with E-state index in [1.54, 1.807) is 0 Å². The van der Waals surface area contributed by atoms with Crippen LogP contribution >= 0.6 is 23.1 Å². The summed E-state index contributed by atoms with van der Waals surface area (Å²) in [4.78, 5) is 12.2. The van der Waals surface area contributed by atoms with E-state index in [9.17, 15) is 4.79 Å². The first-order chi connectivity index (χ1) is 14.1. The van der Waals surface area contributed by atoms with E-state index >= 15 is 0 Å². The van der Waals surface area contributed by atoms with Gasteiger partial charge in [0.1, 0.15) is 0 Å². The summed E-state index contributed by atoms with van der Waals surface area (Å²) in [6, 6.07) is 11.7. The zero-order valence-corrected chi connectivity index (χ0v) is 17.7. The zero-order chi connectivity index (χ0) is 20.2. The molecule has 1 aliphatic rings. The molecule has 1 aromatic heterocycles. The van der Waals surface area contributed by atoms with Gasteiger partial charge in [-0.3, -0.25) is 4.79 Å². The summed E-state index contributed by atoms with van der Waals surface area (Å²) in [6.45, 7) is 4.82. The monoisotopic (exact) mass is 428 g/mol. The Morgan fingerprint density at radius 2 is 2.03 bits per heavy atom. The number of rotatable bonds is 7. The van der Waals surface area contributed by atoms with E-state index < -0.39 is 0 Å². The molecule has 0 saturated carbocycles. The van der Waals surface area contributed by atoms with Crippen LogP contribution in [0.25, 0.3) is 0 Å². The fraction of sp³-hybridized carbons (Fsp3) is 0.250. The molecule has 2 N–H and O–H groups in total. The van der Waals surface area contributed by atoms with Crippen molar-refractivity contribution in [1.82, 2.24) is 15.5 Å². The summed E-state index contributed by atoms with van der Waals surface area (Å²) in [6.07, 6.45) is 0. The number of hydrogen-bond acceptors (Lipinski definition) is 8. The van der Waals surface area contributed by atoms with E-state index in [-0.39, 0.29) is 18.5 Å². The lowest BCUT2D eigenvalue weighted by Crippen LogP contribution is -2.24. The van der Waals surface area contributed by atoms with Gasteiger partial charge in [-0.1, -0.05) is 41.3 Å². The molecule has 150 valence electrons. The Morgan fingerprint density at radius 1 is 1.17 bits per heavy atom. The molecule has 0 bridgehead atoms. The number of nitrogens with zero attached hydrogens (tertiary/aromatic N) is 2. The number of benzene rings is 2. The molecule has 0 aliphatic carbocycles. The van der Waals surface area contributed by atoms with Crippen LogP contribution in [-0.2, 0) is 11.3 Å². The Labute approximate surface area is 176 Å². The number of fused-ring (bicyclic) bond motifs is 1. The first kappa shape index (κ1) is 19.5. The van der Waals surface area contributed by atoms with Gasteiger partial charge in [0.15, 0.2) is 15.8 Å². The van der Waals surface area contributed by atoms with Crippen molar-refractivity contribution >= 4 is 39.8 Å². The van der Waals surface area contributed by atoms with Crippen molar-refractivity contribution in [1.29, 1.82) is 0 Å². The minimum Gasteiger partial charge on any atom is -0.454 e. The molecular formula is C20H20N4O3S2. The van der Waals surface area contributed by atoms with Crippen LogP contribution in [0.4, 0.5) is 10.8 Å². The minimum absolute atomic E-state index is 0.0631. The second-order valence-electron chi connectivity index (χ2n) is 6.50. The lowest BCUT2D eigenvalue weighted by molar-refractivity contribution is -0.118. The first-order valence-electron chi connectivity index (χ1n) is 9.03. The molecule has 9 heteroatoms. The fourth-order valence-corrected chi connectivity index (χ4v) is 4.34. The summed E-state index contributed by atoms with van der Waals surface area (Å²) in [5, 5.41) is 15.2. The van der Waals surface area contributed by atoms with Crippen molar-refractivity contribution in [2.75, 3.05) is 17.9 Å². The van der Waals surface area contributed by atoms with Crippen LogP contribution in [0.15, 0.2) is 40.7 Å². The van der Waals surface area contributed by atoms with Crippen LogP contribution in [0.5, 0.6) is 11.5 Å². The fourth-order valence-electron chi connectivity index (χ4n) is 2.75. The molecule has 2 aromatic carbocycles. The molecular weight excluding hydrogens is 408 g/mol. The maximum atomic E-state index is 12.2. The molecule has 0 atom stereocenters. The first-order valence-corrected chi connectivity index (χ1v) is 10.8. The highest BCUT2D eigenvalue weighted by atomic mass is 32.2. The number of thioether (sulfide) groups is 1. The zero-order valence-electron chi connectivity index (χ0n) is 16.0. The topological polar surface area (TPSA) is 85.4 Å². The van der Waals surface area contributed by atoms with Crippen molar-refractivity contribution in [2.45, 2.75) is 24.7 Å². The Bertz CT molecular complexity index is 1040. The van der Waals surface area contributed by atoms with E-state index in [2.05, 4.69) is 40.7 Å². The maximum absolute atomic E-state index is 12.2. The number of carbonyl (C=O) groups excluding carboxylic acids is 1. The standard InChI is InChI=1S/C20H20N4O3S2/c1-12-4-3-5-15(13(12)2)22-19-23-24-20(29-19)28-10-18(25)21-9-14-6-7-16-17(8-14)27-11-26-16/h3-8H,9-11H2,1-2H3,(H,21,25)(H,22,23). The van der Waals surface area contributed by atoms with Crippen LogP contribution in [0.1, 0.15) is 16.7 Å². The third-order valence-corrected chi connectivity index (χ3v) is 6.48. The number of anilines is 2. The molecule has 0 spiro atoms. The van der Waals surface area contributed by atoms with Crippen molar-refractivity contribution in [3.63, 3.8) is 0 Å². The maximum Gasteiger partial charge on any atom is 0.231 e. The average Bonchev–Trinajstić information content (AvgIpc) is 3.37. The third kappa shape index (κ3) is 4.80. The van der Waals surface area contributed by atoms with Crippen LogP contribution in [0, 0.1) is 13.8 Å². The van der Waals surface area contributed by atoms with Crippen molar-refractivity contribution in [3.8, 4) is 11.5 Å². The summed E-state index contributed by atoms with van der Waals surface area (Å²) in [7, 11) is 0. The van der Waals surface area contributed by atoms with Crippen LogP contribution in [0.3, 0.4) is 0 Å². The van der Waals surface area contributed by atoms with E-state index in [1.807, 2.05) is 30.3 Å². The van der Waals surface area contributed by atoms with Gasteiger partial charge in [0.25, 0.3) is 0 Å². The molecule has 0 saturated heterocycles. The third-order valence-electron chi connectivity index (χ3n) is 4.51. The van der Waals surface area contributed by atoms with E-state index in [1.165, 1.54) is 34.2 Å². The normalized spacial score (nSPS) is 12.1. The highest BCUT2D eigenvalue weighted by Crippen LogP contribution is 2.32. The second kappa shape index (κ2) is 8.71. The highest BCUT2D eigenvalue weighted by Gasteiger charge is 2.14. The van der Waals surface area contributed by atoms with E-state index in [0.29, 0.717) is 17.4 Å². The predicted molar refractivity (Wildman–Crippen MR) is 114 cm³/mol. The van der Waals surface area contributed by atoms with E-state index in [0.717, 1.165) is 21.3 Å². The summed E-state index contributed by atoms with van der Waals surface area (Å²) in [5.74, 6) is 1.66. The lowest BCUT2D eigenvalue weighted by Gasteiger charge is -2.08. The molecule has 0 unspecified atom stereocenters. The van der Waals surface area contributed by atoms with Gasteiger partial charge in [0.2, 0.25) is 17.8 Å². The molecule has 1 aliphatic heterocycles. The molecule has 4 rings (SSSR count). The summed E-state index contributed by atoms with van der Waals surface area (Å²) >= 11 is 2.80. The molecule has 0 radical (unpaired) electrons. The molecule has 29 heavy (non-hydrogen) atoms. The number of ether oxygens (including phenoxy) is 2. The quantitative estimate of drug-likeness (QED) is 0.550. The number of hydrogen-bond donors (Lipinski definition) is 2. The van der Waals surface area contributed by atoms with Crippen LogP contribution in [-0.4, -0.2) is 28.7 Å². The smallest absolute Gasteiger partial charge is 0.231 e. The van der Waals surface area contributed by atoms with E-state index in [4.69, 9.17) is 9.47 Å². The van der Waals surface area contributed by atoms with Gasteiger partial charge in [0, 0.05) is 12.2 Å². The van der Waals surface area contributed by atoms with Gasteiger partial charge in [-0.05, 0) is 48.7 Å². The van der Waals surface area contributed by atoms with Gasteiger partial charge in [0.05, 0.1) is 5.75 Å². The second-order valence-corrected chi connectivity index (χ2v) is 8.70.